The van der Waals surface area contributed by atoms with Crippen molar-refractivity contribution in [1.29, 1.82) is 0 Å². The van der Waals surface area contributed by atoms with Gasteiger partial charge in [0, 0.05) is 17.8 Å². The molecule has 1 aliphatic carbocycles. The average molecular weight is 350 g/mol. The van der Waals surface area contributed by atoms with Crippen LogP contribution in [0.2, 0.25) is 0 Å². The van der Waals surface area contributed by atoms with Crippen LogP contribution in [0, 0.1) is 0 Å². The molecule has 0 radical (unpaired) electrons. The fourth-order valence-electron chi connectivity index (χ4n) is 2.96. The number of hydrogen-bond donors (Lipinski definition) is 2. The van der Waals surface area contributed by atoms with Gasteiger partial charge in [-0.2, -0.15) is 11.8 Å². The van der Waals surface area contributed by atoms with Crippen LogP contribution in [0.1, 0.15) is 45.6 Å². The molecule has 0 spiro atoms. The summed E-state index contributed by atoms with van der Waals surface area (Å²) in [4.78, 5) is 4.75. The van der Waals surface area contributed by atoms with Gasteiger partial charge in [0.25, 0.3) is 0 Å². The van der Waals surface area contributed by atoms with E-state index in [0.717, 1.165) is 23.5 Å². The summed E-state index contributed by atoms with van der Waals surface area (Å²) in [6.07, 6.45) is 6.15. The Kier molecular flexibility index (Phi) is 7.76. The number of rotatable bonds is 7. The van der Waals surface area contributed by atoms with E-state index in [0.29, 0.717) is 12.6 Å². The molecule has 1 aliphatic rings. The molecule has 1 aromatic carbocycles. The molecule has 0 heterocycles. The number of nitrogens with zero attached hydrogens (tertiary/aromatic N) is 1. The molecule has 1 aromatic rings. The van der Waals surface area contributed by atoms with Gasteiger partial charge in [0.2, 0.25) is 0 Å². The molecule has 0 aromatic heterocycles. The molecule has 0 bridgehead atoms. The zero-order valence-corrected chi connectivity index (χ0v) is 16.2. The molecule has 1 saturated carbocycles. The van der Waals surface area contributed by atoms with E-state index in [2.05, 4.69) is 35.9 Å². The first-order valence-electron chi connectivity index (χ1n) is 8.94. The first kappa shape index (κ1) is 19.0. The largest absolute Gasteiger partial charge is 0.491 e. The maximum absolute atomic E-state index is 5.76. The highest BCUT2D eigenvalue weighted by Crippen LogP contribution is 2.28. The zero-order chi connectivity index (χ0) is 17.4. The third-order valence-corrected chi connectivity index (χ3v) is 5.19. The van der Waals surface area contributed by atoms with Gasteiger partial charge in [0.1, 0.15) is 5.75 Å². The SMILES string of the molecule is CCNC(=NCc1cccc(OC(C)C)c1)NC1CCC(SC)C1. The minimum absolute atomic E-state index is 0.189. The van der Waals surface area contributed by atoms with E-state index in [9.17, 15) is 0 Å². The van der Waals surface area contributed by atoms with E-state index in [-0.39, 0.29) is 6.10 Å². The summed E-state index contributed by atoms with van der Waals surface area (Å²) in [5.74, 6) is 1.83. The molecule has 0 amide bonds. The number of hydrogen-bond acceptors (Lipinski definition) is 3. The van der Waals surface area contributed by atoms with Crippen LogP contribution in [0.5, 0.6) is 5.75 Å². The lowest BCUT2D eigenvalue weighted by atomic mass is 10.2. The van der Waals surface area contributed by atoms with Crippen molar-refractivity contribution in [2.24, 2.45) is 4.99 Å². The summed E-state index contributed by atoms with van der Waals surface area (Å²) < 4.78 is 5.76. The second-order valence-corrected chi connectivity index (χ2v) is 7.66. The van der Waals surface area contributed by atoms with Crippen LogP contribution in [0.15, 0.2) is 29.3 Å². The summed E-state index contributed by atoms with van der Waals surface area (Å²) >= 11 is 1.98. The minimum Gasteiger partial charge on any atom is -0.491 e. The van der Waals surface area contributed by atoms with Crippen molar-refractivity contribution in [1.82, 2.24) is 10.6 Å². The van der Waals surface area contributed by atoms with Crippen LogP contribution in [0.25, 0.3) is 0 Å². The molecule has 0 aliphatic heterocycles. The van der Waals surface area contributed by atoms with Gasteiger partial charge in [-0.25, -0.2) is 4.99 Å². The smallest absolute Gasteiger partial charge is 0.191 e. The predicted molar refractivity (Wildman–Crippen MR) is 105 cm³/mol. The van der Waals surface area contributed by atoms with Crippen LogP contribution < -0.4 is 15.4 Å². The highest BCUT2D eigenvalue weighted by atomic mass is 32.2. The maximum atomic E-state index is 5.76. The number of benzene rings is 1. The normalized spacial score (nSPS) is 21.1. The maximum Gasteiger partial charge on any atom is 0.191 e. The third-order valence-electron chi connectivity index (χ3n) is 4.09. The van der Waals surface area contributed by atoms with Crippen molar-refractivity contribution in [2.75, 3.05) is 12.8 Å². The van der Waals surface area contributed by atoms with Gasteiger partial charge in [-0.1, -0.05) is 12.1 Å². The molecule has 2 unspecified atom stereocenters. The molecule has 2 N–H and O–H groups in total. The monoisotopic (exact) mass is 349 g/mol. The minimum atomic E-state index is 0.189. The molecule has 2 atom stereocenters. The number of nitrogens with one attached hydrogen (secondary N) is 2. The summed E-state index contributed by atoms with van der Waals surface area (Å²) in [5, 5.41) is 7.74. The van der Waals surface area contributed by atoms with Crippen LogP contribution in [0.3, 0.4) is 0 Å². The summed E-state index contributed by atoms with van der Waals surface area (Å²) in [6, 6.07) is 8.74. The molecular weight excluding hydrogens is 318 g/mol. The molecule has 24 heavy (non-hydrogen) atoms. The van der Waals surface area contributed by atoms with Gasteiger partial charge >= 0.3 is 0 Å². The highest BCUT2D eigenvalue weighted by molar-refractivity contribution is 7.99. The van der Waals surface area contributed by atoms with Crippen LogP contribution in [0.4, 0.5) is 0 Å². The second-order valence-electron chi connectivity index (χ2n) is 6.52. The van der Waals surface area contributed by atoms with Crippen LogP contribution in [-0.4, -0.2) is 36.2 Å². The fourth-order valence-corrected chi connectivity index (χ4v) is 3.75. The Morgan fingerprint density at radius 3 is 2.88 bits per heavy atom. The van der Waals surface area contributed by atoms with Gasteiger partial charge in [-0.05, 0) is 64.0 Å². The molecule has 134 valence electrons. The lowest BCUT2D eigenvalue weighted by Gasteiger charge is -2.17. The summed E-state index contributed by atoms with van der Waals surface area (Å²) in [6.45, 7) is 7.72. The van der Waals surface area contributed by atoms with E-state index in [1.165, 1.54) is 24.8 Å². The van der Waals surface area contributed by atoms with Crippen molar-refractivity contribution >= 4 is 17.7 Å². The first-order chi connectivity index (χ1) is 11.6. The molecule has 0 saturated heterocycles. The second kappa shape index (κ2) is 9.82. The number of thioether (sulfide) groups is 1. The highest BCUT2D eigenvalue weighted by Gasteiger charge is 2.24. The van der Waals surface area contributed by atoms with Crippen molar-refractivity contribution in [3.05, 3.63) is 29.8 Å². The molecule has 4 nitrogen and oxygen atoms in total. The molecule has 2 rings (SSSR count). The Balaban J connectivity index is 1.95. The van der Waals surface area contributed by atoms with E-state index >= 15 is 0 Å². The number of aliphatic imine (C=N–C) groups is 1. The van der Waals surface area contributed by atoms with Gasteiger partial charge < -0.3 is 15.4 Å². The Morgan fingerprint density at radius 2 is 2.21 bits per heavy atom. The zero-order valence-electron chi connectivity index (χ0n) is 15.3. The first-order valence-corrected chi connectivity index (χ1v) is 10.2. The lowest BCUT2D eigenvalue weighted by Crippen LogP contribution is -2.42. The van der Waals surface area contributed by atoms with E-state index in [1.807, 2.05) is 37.7 Å². The lowest BCUT2D eigenvalue weighted by molar-refractivity contribution is 0.242. The van der Waals surface area contributed by atoms with Crippen LogP contribution >= 0.6 is 11.8 Å². The topological polar surface area (TPSA) is 45.7 Å². The number of ether oxygens (including phenoxy) is 1. The average Bonchev–Trinajstić information content (AvgIpc) is 3.00. The number of guanidine groups is 1. The van der Waals surface area contributed by atoms with Crippen molar-refractivity contribution in [3.8, 4) is 5.75 Å². The van der Waals surface area contributed by atoms with Crippen molar-refractivity contribution in [2.45, 2.75) is 64.0 Å². The van der Waals surface area contributed by atoms with Gasteiger partial charge in [-0.15, -0.1) is 0 Å². The van der Waals surface area contributed by atoms with Gasteiger partial charge in [-0.3, -0.25) is 0 Å². The van der Waals surface area contributed by atoms with E-state index in [1.54, 1.807) is 0 Å². The van der Waals surface area contributed by atoms with Crippen LogP contribution in [-0.2, 0) is 6.54 Å². The fraction of sp³-hybridized carbons (Fsp3) is 0.632. The molecule has 1 fully saturated rings. The standard InChI is InChI=1S/C19H31N3OS/c1-5-20-19(22-16-9-10-18(12-16)24-4)21-13-15-7-6-8-17(11-15)23-14(2)3/h6-8,11,14,16,18H,5,9-10,12-13H2,1-4H3,(H2,20,21,22). The molecule has 5 heteroatoms. The van der Waals surface area contributed by atoms with E-state index < -0.39 is 0 Å². The Morgan fingerprint density at radius 1 is 1.38 bits per heavy atom. The third kappa shape index (κ3) is 6.27. The van der Waals surface area contributed by atoms with Crippen molar-refractivity contribution < 1.29 is 4.74 Å². The van der Waals surface area contributed by atoms with Crippen molar-refractivity contribution in [3.63, 3.8) is 0 Å². The Labute approximate surface area is 150 Å². The Bertz CT molecular complexity index is 533. The molecular formula is C19H31N3OS. The summed E-state index contributed by atoms with van der Waals surface area (Å²) in [5.41, 5.74) is 1.17. The van der Waals surface area contributed by atoms with Gasteiger partial charge in [0.15, 0.2) is 5.96 Å². The van der Waals surface area contributed by atoms with E-state index in [4.69, 9.17) is 9.73 Å². The Hall–Kier alpha value is -1.36. The summed E-state index contributed by atoms with van der Waals surface area (Å²) in [7, 11) is 0. The predicted octanol–water partition coefficient (Wildman–Crippen LogP) is 3.81. The van der Waals surface area contributed by atoms with Gasteiger partial charge in [0.05, 0.1) is 12.6 Å². The quantitative estimate of drug-likeness (QED) is 0.580.